The van der Waals surface area contributed by atoms with Crippen molar-refractivity contribution in [2.75, 3.05) is 0 Å². The maximum Gasteiger partial charge on any atom is 0.127 e. The lowest BCUT2D eigenvalue weighted by molar-refractivity contribution is 0.567. The van der Waals surface area contributed by atoms with E-state index in [0.717, 1.165) is 31.0 Å². The molecule has 1 nitrogen and oxygen atoms in total. The molecule has 0 spiro atoms. The van der Waals surface area contributed by atoms with Crippen LogP contribution < -0.4 is 0 Å². The van der Waals surface area contributed by atoms with E-state index < -0.39 is 17.6 Å². The molecule has 0 saturated heterocycles. The summed E-state index contributed by atoms with van der Waals surface area (Å²) in [6.45, 7) is 0. The molecule has 1 atom stereocenters. The van der Waals surface area contributed by atoms with E-state index in [1.807, 2.05) is 6.07 Å². The number of nitriles is 1. The summed E-state index contributed by atoms with van der Waals surface area (Å²) < 4.78 is 26.1. The fraction of sp³-hybridized carbons (Fsp3) is 0.364. The molecule has 1 saturated carbocycles. The third-order valence-corrected chi connectivity index (χ3v) is 2.53. The lowest BCUT2D eigenvalue weighted by Gasteiger charge is -2.08. The zero-order valence-corrected chi connectivity index (χ0v) is 7.50. The van der Waals surface area contributed by atoms with E-state index >= 15 is 0 Å². The van der Waals surface area contributed by atoms with Gasteiger partial charge in [-0.3, -0.25) is 0 Å². The molecule has 1 aliphatic carbocycles. The molecule has 1 aromatic rings. The molecule has 0 radical (unpaired) electrons. The van der Waals surface area contributed by atoms with Crippen LogP contribution >= 0.6 is 0 Å². The highest BCUT2D eigenvalue weighted by atomic mass is 19.1. The first-order valence-corrected chi connectivity index (χ1v) is 4.57. The van der Waals surface area contributed by atoms with Crippen LogP contribution in [0.2, 0.25) is 0 Å². The predicted octanol–water partition coefficient (Wildman–Crippen LogP) is 2.98. The molecule has 0 amide bonds. The van der Waals surface area contributed by atoms with Crippen LogP contribution in [0.1, 0.15) is 24.3 Å². The van der Waals surface area contributed by atoms with E-state index in [2.05, 4.69) is 0 Å². The van der Waals surface area contributed by atoms with Crippen LogP contribution in [0.4, 0.5) is 8.78 Å². The van der Waals surface area contributed by atoms with Gasteiger partial charge in [0, 0.05) is 5.56 Å². The summed E-state index contributed by atoms with van der Waals surface area (Å²) in [5, 5.41) is 8.87. The molecule has 0 bridgehead atoms. The van der Waals surface area contributed by atoms with Gasteiger partial charge in [-0.05, 0) is 37.0 Å². The molecule has 3 heteroatoms. The highest BCUT2D eigenvalue weighted by Gasteiger charge is 2.34. The van der Waals surface area contributed by atoms with Crippen molar-refractivity contribution in [3.8, 4) is 6.07 Å². The minimum absolute atomic E-state index is 0.204. The topological polar surface area (TPSA) is 23.8 Å². The Labute approximate surface area is 81.0 Å². The molecule has 2 rings (SSSR count). The van der Waals surface area contributed by atoms with Crippen LogP contribution in [0.3, 0.4) is 0 Å². The molecule has 72 valence electrons. The lowest BCUT2D eigenvalue weighted by Crippen LogP contribution is -2.02. The summed E-state index contributed by atoms with van der Waals surface area (Å²) in [5.41, 5.74) is 0.204. The van der Waals surface area contributed by atoms with E-state index in [0.29, 0.717) is 0 Å². The first-order chi connectivity index (χ1) is 6.72. The Morgan fingerprint density at radius 1 is 1.36 bits per heavy atom. The van der Waals surface area contributed by atoms with Gasteiger partial charge in [-0.2, -0.15) is 5.26 Å². The van der Waals surface area contributed by atoms with Gasteiger partial charge >= 0.3 is 0 Å². The van der Waals surface area contributed by atoms with Crippen LogP contribution in [0.25, 0.3) is 0 Å². The normalized spacial score (nSPS) is 17.5. The molecule has 1 aromatic carbocycles. The molecule has 0 N–H and O–H groups in total. The number of halogens is 2. The van der Waals surface area contributed by atoms with E-state index in [-0.39, 0.29) is 11.5 Å². The lowest BCUT2D eigenvalue weighted by atomic mass is 9.95. The maximum atomic E-state index is 13.3. The van der Waals surface area contributed by atoms with Crippen molar-refractivity contribution in [3.05, 3.63) is 35.4 Å². The third-order valence-electron chi connectivity index (χ3n) is 2.53. The summed E-state index contributed by atoms with van der Waals surface area (Å²) in [6, 6.07) is 5.32. The van der Waals surface area contributed by atoms with Crippen molar-refractivity contribution in [1.82, 2.24) is 0 Å². The van der Waals surface area contributed by atoms with Crippen molar-refractivity contribution >= 4 is 0 Å². The van der Waals surface area contributed by atoms with Gasteiger partial charge in [-0.1, -0.05) is 0 Å². The zero-order valence-electron chi connectivity index (χ0n) is 7.50. The van der Waals surface area contributed by atoms with Crippen molar-refractivity contribution in [1.29, 1.82) is 5.26 Å². The summed E-state index contributed by atoms with van der Waals surface area (Å²) >= 11 is 0. The second-order valence-corrected chi connectivity index (χ2v) is 3.61. The maximum absolute atomic E-state index is 13.3. The molecule has 0 heterocycles. The average Bonchev–Trinajstić information content (AvgIpc) is 2.96. The Bertz CT molecular complexity index is 391. The van der Waals surface area contributed by atoms with Gasteiger partial charge in [-0.15, -0.1) is 0 Å². The van der Waals surface area contributed by atoms with E-state index in [4.69, 9.17) is 5.26 Å². The summed E-state index contributed by atoms with van der Waals surface area (Å²) in [4.78, 5) is 0. The predicted molar refractivity (Wildman–Crippen MR) is 47.4 cm³/mol. The summed E-state index contributed by atoms with van der Waals surface area (Å²) in [7, 11) is 0. The quantitative estimate of drug-likeness (QED) is 0.708. The molecule has 1 unspecified atom stereocenters. The summed E-state index contributed by atoms with van der Waals surface area (Å²) in [6.07, 6.45) is 1.88. The number of hydrogen-bond acceptors (Lipinski definition) is 1. The Morgan fingerprint density at radius 3 is 2.64 bits per heavy atom. The zero-order chi connectivity index (χ0) is 10.1. The van der Waals surface area contributed by atoms with Gasteiger partial charge in [0.25, 0.3) is 0 Å². The van der Waals surface area contributed by atoms with Gasteiger partial charge < -0.3 is 0 Å². The Hall–Kier alpha value is -1.43. The monoisotopic (exact) mass is 193 g/mol. The number of rotatable bonds is 2. The van der Waals surface area contributed by atoms with Gasteiger partial charge in [0.1, 0.15) is 11.6 Å². The fourth-order valence-corrected chi connectivity index (χ4v) is 1.61. The Morgan fingerprint density at radius 2 is 2.07 bits per heavy atom. The van der Waals surface area contributed by atoms with Crippen LogP contribution in [0, 0.1) is 28.9 Å². The van der Waals surface area contributed by atoms with Crippen molar-refractivity contribution in [3.63, 3.8) is 0 Å². The first-order valence-electron chi connectivity index (χ1n) is 4.57. The average molecular weight is 193 g/mol. The number of nitrogens with zero attached hydrogens (tertiary/aromatic N) is 1. The summed E-state index contributed by atoms with van der Waals surface area (Å²) in [5.74, 6) is -1.23. The minimum Gasteiger partial charge on any atom is -0.207 e. The minimum atomic E-state index is -0.484. The SMILES string of the molecule is N#CC(c1cc(F)ccc1F)C1CC1. The van der Waals surface area contributed by atoms with Gasteiger partial charge in [0.05, 0.1) is 12.0 Å². The molecule has 1 fully saturated rings. The van der Waals surface area contributed by atoms with E-state index in [9.17, 15) is 8.78 Å². The fourth-order valence-electron chi connectivity index (χ4n) is 1.61. The van der Waals surface area contributed by atoms with E-state index in [1.165, 1.54) is 0 Å². The van der Waals surface area contributed by atoms with Gasteiger partial charge in [-0.25, -0.2) is 8.78 Å². The highest BCUT2D eigenvalue weighted by Crippen LogP contribution is 2.42. The van der Waals surface area contributed by atoms with Crippen molar-refractivity contribution in [2.45, 2.75) is 18.8 Å². The van der Waals surface area contributed by atoms with Crippen LogP contribution in [0.15, 0.2) is 18.2 Å². The second kappa shape index (κ2) is 3.38. The van der Waals surface area contributed by atoms with Crippen LogP contribution in [0.5, 0.6) is 0 Å². The van der Waals surface area contributed by atoms with E-state index in [1.54, 1.807) is 0 Å². The molecular weight excluding hydrogens is 184 g/mol. The largest absolute Gasteiger partial charge is 0.207 e. The third kappa shape index (κ3) is 1.60. The molecule has 14 heavy (non-hydrogen) atoms. The molecule has 1 aliphatic rings. The van der Waals surface area contributed by atoms with Crippen molar-refractivity contribution < 1.29 is 8.78 Å². The molecule has 0 aromatic heterocycles. The van der Waals surface area contributed by atoms with Gasteiger partial charge in [0.2, 0.25) is 0 Å². The smallest absolute Gasteiger partial charge is 0.127 e. The Kier molecular flexibility index (Phi) is 2.20. The van der Waals surface area contributed by atoms with Crippen molar-refractivity contribution in [2.24, 2.45) is 5.92 Å². The first kappa shape index (κ1) is 9.14. The molecule has 0 aliphatic heterocycles. The highest BCUT2D eigenvalue weighted by molar-refractivity contribution is 5.29. The Balaban J connectivity index is 2.38. The van der Waals surface area contributed by atoms with Crippen LogP contribution in [-0.2, 0) is 0 Å². The molecular formula is C11H9F2N. The second-order valence-electron chi connectivity index (χ2n) is 3.61. The number of benzene rings is 1. The standard InChI is InChI=1S/C11H9F2N/c12-8-3-4-11(13)9(5-8)10(6-14)7-1-2-7/h3-5,7,10H,1-2H2. The van der Waals surface area contributed by atoms with Crippen LogP contribution in [-0.4, -0.2) is 0 Å². The van der Waals surface area contributed by atoms with Gasteiger partial charge in [0.15, 0.2) is 0 Å². The number of hydrogen-bond donors (Lipinski definition) is 0.